The summed E-state index contributed by atoms with van der Waals surface area (Å²) in [5, 5.41) is 6.18. The first kappa shape index (κ1) is 19.5. The Labute approximate surface area is 164 Å². The zero-order chi connectivity index (χ0) is 19.8. The van der Waals surface area contributed by atoms with E-state index in [1.54, 1.807) is 20.5 Å². The maximum Gasteiger partial charge on any atom is 0.234 e. The highest BCUT2D eigenvalue weighted by Gasteiger charge is 2.17. The third-order valence-electron chi connectivity index (χ3n) is 4.36. The summed E-state index contributed by atoms with van der Waals surface area (Å²) < 4.78 is 16.1. The summed E-state index contributed by atoms with van der Waals surface area (Å²) in [7, 11) is 3.18. The molecule has 1 atom stereocenters. The number of methoxy groups -OCH3 is 2. The van der Waals surface area contributed by atoms with Gasteiger partial charge in [0.15, 0.2) is 11.5 Å². The minimum absolute atomic E-state index is 0.109. The number of benzene rings is 2. The SMILES string of the molecule is COc1ccc(CNC(=O)CN[C@H](c2ccccc2)c2ccco2)cc1OC. The molecule has 0 aliphatic heterocycles. The number of ether oxygens (including phenoxy) is 2. The van der Waals surface area contributed by atoms with Gasteiger partial charge in [-0.2, -0.15) is 0 Å². The summed E-state index contributed by atoms with van der Waals surface area (Å²) in [4.78, 5) is 12.3. The van der Waals surface area contributed by atoms with Crippen molar-refractivity contribution >= 4 is 5.91 Å². The second-order valence-electron chi connectivity index (χ2n) is 6.21. The molecule has 0 bridgehead atoms. The van der Waals surface area contributed by atoms with E-state index in [0.29, 0.717) is 18.0 Å². The minimum atomic E-state index is -0.192. The van der Waals surface area contributed by atoms with Crippen LogP contribution in [0.2, 0.25) is 0 Å². The maximum atomic E-state index is 12.3. The van der Waals surface area contributed by atoms with Crippen LogP contribution >= 0.6 is 0 Å². The van der Waals surface area contributed by atoms with Crippen molar-refractivity contribution in [2.24, 2.45) is 0 Å². The van der Waals surface area contributed by atoms with E-state index in [4.69, 9.17) is 13.9 Å². The summed E-state index contributed by atoms with van der Waals surface area (Å²) in [5.41, 5.74) is 1.96. The van der Waals surface area contributed by atoms with Gasteiger partial charge in [-0.15, -0.1) is 0 Å². The zero-order valence-corrected chi connectivity index (χ0v) is 16.0. The van der Waals surface area contributed by atoms with Crippen molar-refractivity contribution < 1.29 is 18.7 Å². The average molecular weight is 380 g/mol. The fourth-order valence-corrected chi connectivity index (χ4v) is 2.93. The van der Waals surface area contributed by atoms with Crippen LogP contribution in [0.1, 0.15) is 22.9 Å². The molecule has 0 aliphatic rings. The first-order chi connectivity index (χ1) is 13.7. The molecule has 3 aromatic rings. The van der Waals surface area contributed by atoms with Crippen molar-refractivity contribution in [3.63, 3.8) is 0 Å². The molecule has 2 aromatic carbocycles. The molecule has 1 aromatic heterocycles. The Hall–Kier alpha value is -3.25. The Balaban J connectivity index is 1.58. The highest BCUT2D eigenvalue weighted by molar-refractivity contribution is 5.78. The van der Waals surface area contributed by atoms with Crippen LogP contribution in [0.5, 0.6) is 11.5 Å². The molecule has 0 saturated carbocycles. The van der Waals surface area contributed by atoms with Gasteiger partial charge in [-0.3, -0.25) is 10.1 Å². The lowest BCUT2D eigenvalue weighted by Gasteiger charge is -2.17. The van der Waals surface area contributed by atoms with Gasteiger partial charge in [0.25, 0.3) is 0 Å². The molecule has 6 heteroatoms. The molecule has 0 unspecified atom stereocenters. The molecule has 0 spiro atoms. The number of carbonyl (C=O) groups excluding carboxylic acids is 1. The average Bonchev–Trinajstić information content (AvgIpc) is 3.27. The molecule has 6 nitrogen and oxygen atoms in total. The zero-order valence-electron chi connectivity index (χ0n) is 16.0. The fourth-order valence-electron chi connectivity index (χ4n) is 2.93. The van der Waals surface area contributed by atoms with Crippen LogP contribution in [0.15, 0.2) is 71.3 Å². The smallest absolute Gasteiger partial charge is 0.234 e. The standard InChI is InChI=1S/C22H24N2O4/c1-26-18-11-10-16(13-20(18)27-2)14-23-21(25)15-24-22(19-9-6-12-28-19)17-7-4-3-5-8-17/h3-13,22,24H,14-15H2,1-2H3,(H,23,25)/t22-/m1/s1. The van der Waals surface area contributed by atoms with Crippen molar-refractivity contribution in [1.29, 1.82) is 0 Å². The summed E-state index contributed by atoms with van der Waals surface area (Å²) >= 11 is 0. The normalized spacial score (nSPS) is 11.6. The molecule has 0 radical (unpaired) electrons. The lowest BCUT2D eigenvalue weighted by Crippen LogP contribution is -2.35. The molecule has 1 heterocycles. The number of rotatable bonds is 9. The number of carbonyl (C=O) groups is 1. The van der Waals surface area contributed by atoms with Crippen LogP contribution in [-0.4, -0.2) is 26.7 Å². The number of hydrogen-bond donors (Lipinski definition) is 2. The Bertz CT molecular complexity index is 879. The van der Waals surface area contributed by atoms with E-state index >= 15 is 0 Å². The Morgan fingerprint density at radius 2 is 1.79 bits per heavy atom. The van der Waals surface area contributed by atoms with Crippen LogP contribution < -0.4 is 20.1 Å². The van der Waals surface area contributed by atoms with Gasteiger partial charge in [-0.1, -0.05) is 36.4 Å². The Morgan fingerprint density at radius 1 is 1.00 bits per heavy atom. The summed E-state index contributed by atoms with van der Waals surface area (Å²) in [6, 6.07) is 19.0. The predicted octanol–water partition coefficient (Wildman–Crippen LogP) is 3.29. The van der Waals surface area contributed by atoms with Crippen LogP contribution in [0.3, 0.4) is 0 Å². The summed E-state index contributed by atoms with van der Waals surface area (Å²) in [5.74, 6) is 1.94. The summed E-state index contributed by atoms with van der Waals surface area (Å²) in [6.45, 7) is 0.561. The quantitative estimate of drug-likeness (QED) is 0.596. The van der Waals surface area contributed by atoms with Gasteiger partial charge in [0.1, 0.15) is 5.76 Å². The number of furan rings is 1. The third kappa shape index (κ3) is 4.92. The lowest BCUT2D eigenvalue weighted by molar-refractivity contribution is -0.120. The van der Waals surface area contributed by atoms with Crippen molar-refractivity contribution in [2.75, 3.05) is 20.8 Å². The highest BCUT2D eigenvalue weighted by Crippen LogP contribution is 2.27. The summed E-state index contributed by atoms with van der Waals surface area (Å²) in [6.07, 6.45) is 1.63. The van der Waals surface area contributed by atoms with E-state index < -0.39 is 0 Å². The van der Waals surface area contributed by atoms with Crippen LogP contribution in [0, 0.1) is 0 Å². The van der Waals surface area contributed by atoms with Crippen molar-refractivity contribution in [3.05, 3.63) is 83.8 Å². The molecule has 0 fully saturated rings. The van der Waals surface area contributed by atoms with Crippen molar-refractivity contribution in [3.8, 4) is 11.5 Å². The van der Waals surface area contributed by atoms with Crippen molar-refractivity contribution in [1.82, 2.24) is 10.6 Å². The van der Waals surface area contributed by atoms with E-state index in [9.17, 15) is 4.79 Å². The molecule has 28 heavy (non-hydrogen) atoms. The van der Waals surface area contributed by atoms with Gasteiger partial charge in [0.2, 0.25) is 5.91 Å². The number of hydrogen-bond acceptors (Lipinski definition) is 5. The second-order valence-corrected chi connectivity index (χ2v) is 6.21. The molecule has 146 valence electrons. The first-order valence-corrected chi connectivity index (χ1v) is 9.00. The first-order valence-electron chi connectivity index (χ1n) is 9.00. The maximum absolute atomic E-state index is 12.3. The molecular weight excluding hydrogens is 356 g/mol. The van der Waals surface area contributed by atoms with Crippen molar-refractivity contribution in [2.45, 2.75) is 12.6 Å². The molecular formula is C22H24N2O4. The van der Waals surface area contributed by atoms with E-state index in [1.807, 2.05) is 60.7 Å². The second kappa shape index (κ2) is 9.62. The van der Waals surface area contributed by atoms with E-state index in [-0.39, 0.29) is 18.5 Å². The highest BCUT2D eigenvalue weighted by atomic mass is 16.5. The van der Waals surface area contributed by atoms with Gasteiger partial charge in [-0.05, 0) is 35.4 Å². The minimum Gasteiger partial charge on any atom is -0.493 e. The molecule has 1 amide bonds. The largest absolute Gasteiger partial charge is 0.493 e. The van der Waals surface area contributed by atoms with Gasteiger partial charge >= 0.3 is 0 Å². The molecule has 0 aliphatic carbocycles. The van der Waals surface area contributed by atoms with Gasteiger partial charge < -0.3 is 19.2 Å². The monoisotopic (exact) mass is 380 g/mol. The third-order valence-corrected chi connectivity index (χ3v) is 4.36. The van der Waals surface area contributed by atoms with Gasteiger partial charge in [-0.25, -0.2) is 0 Å². The van der Waals surface area contributed by atoms with E-state index in [1.165, 1.54) is 0 Å². The Morgan fingerprint density at radius 3 is 2.46 bits per heavy atom. The number of amides is 1. The number of nitrogens with one attached hydrogen (secondary N) is 2. The topological polar surface area (TPSA) is 72.7 Å². The Kier molecular flexibility index (Phi) is 6.70. The molecule has 3 rings (SSSR count). The lowest BCUT2D eigenvalue weighted by atomic mass is 10.0. The van der Waals surface area contributed by atoms with Gasteiger partial charge in [0.05, 0.1) is 33.1 Å². The van der Waals surface area contributed by atoms with Crippen LogP contribution in [-0.2, 0) is 11.3 Å². The predicted molar refractivity (Wildman–Crippen MR) is 106 cm³/mol. The van der Waals surface area contributed by atoms with Gasteiger partial charge in [0, 0.05) is 6.54 Å². The molecule has 0 saturated heterocycles. The fraction of sp³-hybridized carbons (Fsp3) is 0.227. The van der Waals surface area contributed by atoms with Crippen LogP contribution in [0.25, 0.3) is 0 Å². The van der Waals surface area contributed by atoms with Crippen LogP contribution in [0.4, 0.5) is 0 Å². The van der Waals surface area contributed by atoms with E-state index in [2.05, 4.69) is 10.6 Å². The van der Waals surface area contributed by atoms with E-state index in [0.717, 1.165) is 16.9 Å². The molecule has 2 N–H and O–H groups in total.